The molecule has 2 atom stereocenters. The Morgan fingerprint density at radius 3 is 2.00 bits per heavy atom. The van der Waals surface area contributed by atoms with Crippen molar-refractivity contribution in [2.45, 2.75) is 37.8 Å². The van der Waals surface area contributed by atoms with Crippen LogP contribution in [0.5, 0.6) is 0 Å². The summed E-state index contributed by atoms with van der Waals surface area (Å²) in [5.41, 5.74) is -2.84. The molecule has 0 radical (unpaired) electrons. The predicted octanol–water partition coefficient (Wildman–Crippen LogP) is 1.24. The number of esters is 1. The summed E-state index contributed by atoms with van der Waals surface area (Å²) < 4.78 is 4.85. The van der Waals surface area contributed by atoms with Crippen LogP contribution in [0.3, 0.4) is 0 Å². The zero-order valence-electron chi connectivity index (χ0n) is 11.1. The molecule has 0 N–H and O–H groups in total. The first kappa shape index (κ1) is 13.3. The van der Waals surface area contributed by atoms with E-state index in [1.165, 1.54) is 7.11 Å². The van der Waals surface area contributed by atoms with E-state index in [1.54, 1.807) is 0 Å². The third-order valence-corrected chi connectivity index (χ3v) is 5.59. The lowest BCUT2D eigenvalue weighted by atomic mass is 9.46. The quantitative estimate of drug-likeness (QED) is 0.333. The number of hydrogen-bond acceptors (Lipinski definition) is 6. The minimum absolute atomic E-state index is 0.166. The van der Waals surface area contributed by atoms with E-state index in [2.05, 4.69) is 0 Å². The summed E-state index contributed by atoms with van der Waals surface area (Å²) in [4.78, 5) is 33.5. The molecule has 0 spiro atoms. The van der Waals surface area contributed by atoms with E-state index >= 15 is 0 Å². The summed E-state index contributed by atoms with van der Waals surface area (Å²) in [5, 5.41) is 22.9. The highest BCUT2D eigenvalue weighted by molar-refractivity contribution is 5.77. The molecule has 4 aliphatic rings. The van der Waals surface area contributed by atoms with Gasteiger partial charge in [-0.15, -0.1) is 0 Å². The lowest BCUT2D eigenvalue weighted by Gasteiger charge is -2.55. The van der Waals surface area contributed by atoms with E-state index in [-0.39, 0.29) is 24.7 Å². The fourth-order valence-electron chi connectivity index (χ4n) is 5.09. The number of nitro groups is 2. The SMILES string of the molecule is COC(=O)C12CC3C[C@H](C1)C([N+](=O)[O-])([N+](=O)[O-])[C@H](C3)C2. The second kappa shape index (κ2) is 3.89. The van der Waals surface area contributed by atoms with Crippen molar-refractivity contribution in [1.29, 1.82) is 0 Å². The molecule has 4 saturated carbocycles. The molecule has 0 heterocycles. The van der Waals surface area contributed by atoms with Crippen molar-refractivity contribution in [2.75, 3.05) is 7.11 Å². The van der Waals surface area contributed by atoms with Gasteiger partial charge < -0.3 is 4.74 Å². The van der Waals surface area contributed by atoms with Crippen LogP contribution in [0.4, 0.5) is 0 Å². The molecule has 0 aromatic heterocycles. The van der Waals surface area contributed by atoms with Gasteiger partial charge in [-0.3, -0.25) is 25.0 Å². The van der Waals surface area contributed by atoms with Crippen LogP contribution in [0.15, 0.2) is 0 Å². The molecule has 4 aliphatic carbocycles. The molecule has 8 heteroatoms. The standard InChI is InChI=1S/C12H16N2O6/c1-20-10(15)11-4-7-2-8(5-11)12(13(16)17,14(18)19)9(3-7)6-11/h7-9H,2-6H2,1H3/t7?,8-,9-,11?/m1/s1. The Morgan fingerprint density at radius 1 is 1.10 bits per heavy atom. The maximum Gasteiger partial charge on any atom is 0.463 e. The van der Waals surface area contributed by atoms with Crippen molar-refractivity contribution in [1.82, 2.24) is 0 Å². The molecule has 110 valence electrons. The minimum Gasteiger partial charge on any atom is -0.469 e. The highest BCUT2D eigenvalue weighted by Crippen LogP contribution is 2.64. The van der Waals surface area contributed by atoms with Crippen molar-refractivity contribution in [2.24, 2.45) is 23.2 Å². The van der Waals surface area contributed by atoms with Gasteiger partial charge in [0.05, 0.1) is 22.4 Å². The van der Waals surface area contributed by atoms with Crippen LogP contribution in [-0.4, -0.2) is 28.6 Å². The smallest absolute Gasteiger partial charge is 0.463 e. The zero-order chi connectivity index (χ0) is 14.7. The van der Waals surface area contributed by atoms with Crippen LogP contribution in [0, 0.1) is 43.4 Å². The molecule has 20 heavy (non-hydrogen) atoms. The molecule has 8 nitrogen and oxygen atoms in total. The minimum atomic E-state index is -2.10. The summed E-state index contributed by atoms with van der Waals surface area (Å²) in [6.07, 6.45) is 2.00. The van der Waals surface area contributed by atoms with Gasteiger partial charge in [-0.2, -0.15) is 0 Å². The maximum atomic E-state index is 12.1. The second-order valence-corrected chi connectivity index (χ2v) is 6.41. The number of nitrogens with zero attached hydrogens (tertiary/aromatic N) is 2. The molecule has 0 aromatic carbocycles. The van der Waals surface area contributed by atoms with E-state index in [1.807, 2.05) is 0 Å². The number of carbonyl (C=O) groups excluding carboxylic acids is 1. The predicted molar refractivity (Wildman–Crippen MR) is 64.7 cm³/mol. The van der Waals surface area contributed by atoms with Gasteiger partial charge in [0.15, 0.2) is 0 Å². The van der Waals surface area contributed by atoms with Crippen LogP contribution >= 0.6 is 0 Å². The summed E-state index contributed by atoms with van der Waals surface area (Å²) >= 11 is 0. The Kier molecular flexibility index (Phi) is 2.58. The van der Waals surface area contributed by atoms with E-state index < -0.39 is 32.8 Å². The van der Waals surface area contributed by atoms with Crippen LogP contribution in [0.1, 0.15) is 32.1 Å². The topological polar surface area (TPSA) is 113 Å². The highest BCUT2D eigenvalue weighted by atomic mass is 16.7. The van der Waals surface area contributed by atoms with Crippen molar-refractivity contribution in [3.05, 3.63) is 20.2 Å². The zero-order valence-corrected chi connectivity index (χ0v) is 11.1. The van der Waals surface area contributed by atoms with Crippen LogP contribution in [0.2, 0.25) is 0 Å². The number of ether oxygens (including phenoxy) is 1. The Balaban J connectivity index is 2.05. The molecule has 4 bridgehead atoms. The Hall–Kier alpha value is -1.73. The normalized spacial score (nSPS) is 40.4. The fourth-order valence-corrected chi connectivity index (χ4v) is 5.09. The molecule has 4 rings (SSSR count). The molecular weight excluding hydrogens is 268 g/mol. The number of hydrogen-bond donors (Lipinski definition) is 0. The van der Waals surface area contributed by atoms with Crippen molar-refractivity contribution in [3.63, 3.8) is 0 Å². The van der Waals surface area contributed by atoms with Gasteiger partial charge in [0.1, 0.15) is 11.8 Å². The van der Waals surface area contributed by atoms with Crippen LogP contribution in [-0.2, 0) is 9.53 Å². The summed E-state index contributed by atoms with van der Waals surface area (Å²) in [6, 6.07) is 0. The van der Waals surface area contributed by atoms with Crippen molar-refractivity contribution >= 4 is 5.97 Å². The summed E-state index contributed by atoms with van der Waals surface area (Å²) in [5.74, 6) is -1.53. The second-order valence-electron chi connectivity index (χ2n) is 6.41. The van der Waals surface area contributed by atoms with E-state index in [0.717, 1.165) is 0 Å². The molecule has 0 amide bonds. The first-order valence-corrected chi connectivity index (χ1v) is 6.74. The first-order valence-electron chi connectivity index (χ1n) is 6.74. The Bertz CT molecular complexity index is 472. The van der Waals surface area contributed by atoms with E-state index in [0.29, 0.717) is 19.3 Å². The number of carbonyl (C=O) groups is 1. The molecule has 4 fully saturated rings. The van der Waals surface area contributed by atoms with Crippen molar-refractivity contribution in [3.8, 4) is 0 Å². The lowest BCUT2D eigenvalue weighted by Crippen LogP contribution is -2.69. The number of methoxy groups -OCH3 is 1. The Labute approximate surface area is 114 Å². The van der Waals surface area contributed by atoms with Gasteiger partial charge in [0.2, 0.25) is 0 Å². The summed E-state index contributed by atoms with van der Waals surface area (Å²) in [7, 11) is 1.30. The Morgan fingerprint density at radius 2 is 1.60 bits per heavy atom. The van der Waals surface area contributed by atoms with Gasteiger partial charge in [-0.1, -0.05) is 0 Å². The van der Waals surface area contributed by atoms with Gasteiger partial charge in [-0.25, -0.2) is 0 Å². The third kappa shape index (κ3) is 1.34. The van der Waals surface area contributed by atoms with E-state index in [4.69, 9.17) is 4.74 Å². The molecular formula is C12H16N2O6. The molecule has 0 aliphatic heterocycles. The van der Waals surface area contributed by atoms with E-state index in [9.17, 15) is 25.0 Å². The van der Waals surface area contributed by atoms with Crippen LogP contribution in [0.25, 0.3) is 0 Å². The first-order chi connectivity index (χ1) is 9.36. The lowest BCUT2D eigenvalue weighted by molar-refractivity contribution is -0.824. The summed E-state index contributed by atoms with van der Waals surface area (Å²) in [6.45, 7) is 0. The fraction of sp³-hybridized carbons (Fsp3) is 0.917. The van der Waals surface area contributed by atoms with Gasteiger partial charge >= 0.3 is 11.6 Å². The average molecular weight is 284 g/mol. The molecule has 0 saturated heterocycles. The maximum absolute atomic E-state index is 12.1. The largest absolute Gasteiger partial charge is 0.469 e. The highest BCUT2D eigenvalue weighted by Gasteiger charge is 2.78. The van der Waals surface area contributed by atoms with Crippen molar-refractivity contribution < 1.29 is 19.4 Å². The van der Waals surface area contributed by atoms with Gasteiger partial charge in [0.25, 0.3) is 0 Å². The molecule has 0 aromatic rings. The average Bonchev–Trinajstić information content (AvgIpc) is 2.36. The van der Waals surface area contributed by atoms with Gasteiger partial charge in [0, 0.05) is 0 Å². The van der Waals surface area contributed by atoms with Crippen LogP contribution < -0.4 is 0 Å². The third-order valence-electron chi connectivity index (χ3n) is 5.59. The molecule has 0 unspecified atom stereocenters. The number of rotatable bonds is 3. The van der Waals surface area contributed by atoms with Gasteiger partial charge in [-0.05, 0) is 38.0 Å². The monoisotopic (exact) mass is 284 g/mol.